The second-order valence-corrected chi connectivity index (χ2v) is 10.4. The van der Waals surface area contributed by atoms with Crippen LogP contribution < -0.4 is 15.4 Å². The molecule has 1 aliphatic heterocycles. The maximum Gasteiger partial charge on any atom is 0.306 e. The van der Waals surface area contributed by atoms with Crippen molar-refractivity contribution in [2.45, 2.75) is 50.9 Å². The van der Waals surface area contributed by atoms with Crippen molar-refractivity contribution in [3.05, 3.63) is 114 Å². The monoisotopic (exact) mass is 570 g/mol. The summed E-state index contributed by atoms with van der Waals surface area (Å²) in [6.07, 6.45) is 4.53. The first kappa shape index (κ1) is 30.5. The van der Waals surface area contributed by atoms with Crippen LogP contribution in [-0.4, -0.2) is 42.1 Å². The third-order valence-electron chi connectivity index (χ3n) is 7.05. The van der Waals surface area contributed by atoms with E-state index in [1.54, 1.807) is 0 Å². The summed E-state index contributed by atoms with van der Waals surface area (Å²) >= 11 is 0. The van der Waals surface area contributed by atoms with Crippen LogP contribution in [-0.2, 0) is 32.1 Å². The van der Waals surface area contributed by atoms with Gasteiger partial charge in [-0.2, -0.15) is 0 Å². The molecule has 0 aromatic heterocycles. The second-order valence-electron chi connectivity index (χ2n) is 10.4. The van der Waals surface area contributed by atoms with E-state index in [0.29, 0.717) is 25.9 Å². The first-order valence-electron chi connectivity index (χ1n) is 14.3. The zero-order valence-corrected chi connectivity index (χ0v) is 23.6. The third kappa shape index (κ3) is 9.89. The lowest BCUT2D eigenvalue weighted by Crippen LogP contribution is -2.42. The van der Waals surface area contributed by atoms with E-state index in [-0.39, 0.29) is 43.8 Å². The van der Waals surface area contributed by atoms with Crippen molar-refractivity contribution in [1.82, 2.24) is 10.6 Å². The van der Waals surface area contributed by atoms with Crippen LogP contribution in [0.4, 0.5) is 0 Å². The summed E-state index contributed by atoms with van der Waals surface area (Å²) in [5, 5.41) is 15.7. The first-order valence-corrected chi connectivity index (χ1v) is 14.3. The van der Waals surface area contributed by atoms with Gasteiger partial charge in [-0.05, 0) is 48.1 Å². The molecule has 3 aromatic carbocycles. The Kier molecular flexibility index (Phi) is 11.7. The van der Waals surface area contributed by atoms with Gasteiger partial charge in [0.15, 0.2) is 0 Å². The van der Waals surface area contributed by atoms with Gasteiger partial charge >= 0.3 is 5.97 Å². The number of benzene rings is 3. The lowest BCUT2D eigenvalue weighted by Gasteiger charge is -2.22. The van der Waals surface area contributed by atoms with Crippen LogP contribution in [0.3, 0.4) is 0 Å². The molecule has 8 nitrogen and oxygen atoms in total. The smallest absolute Gasteiger partial charge is 0.306 e. The number of cyclic esters (lactones) is 1. The molecule has 3 N–H and O–H groups in total. The summed E-state index contributed by atoms with van der Waals surface area (Å²) in [5.41, 5.74) is 2.80. The number of esters is 1. The van der Waals surface area contributed by atoms with Gasteiger partial charge in [-0.3, -0.25) is 14.4 Å². The summed E-state index contributed by atoms with van der Waals surface area (Å²) < 4.78 is 11.5. The normalized spacial score (nSPS) is 18.5. The summed E-state index contributed by atoms with van der Waals surface area (Å²) in [6, 6.07) is 26.2. The number of hydrogen-bond acceptors (Lipinski definition) is 6. The molecule has 1 heterocycles. The highest BCUT2D eigenvalue weighted by atomic mass is 16.5. The summed E-state index contributed by atoms with van der Waals surface area (Å²) in [6.45, 7) is 0.344. The Labute approximate surface area is 246 Å². The molecule has 0 aliphatic carbocycles. The Morgan fingerprint density at radius 1 is 0.952 bits per heavy atom. The number of ether oxygens (including phenoxy) is 2. The van der Waals surface area contributed by atoms with E-state index >= 15 is 0 Å². The molecule has 0 saturated carbocycles. The van der Waals surface area contributed by atoms with Crippen molar-refractivity contribution in [1.29, 1.82) is 0 Å². The van der Waals surface area contributed by atoms with Crippen LogP contribution in [0.15, 0.2) is 97.1 Å². The van der Waals surface area contributed by atoms with Crippen molar-refractivity contribution in [3.63, 3.8) is 0 Å². The quantitative estimate of drug-likeness (QED) is 0.246. The van der Waals surface area contributed by atoms with Crippen LogP contribution >= 0.6 is 0 Å². The molecule has 0 spiro atoms. The fourth-order valence-electron chi connectivity index (χ4n) is 4.73. The van der Waals surface area contributed by atoms with Crippen LogP contribution in [0, 0.1) is 5.92 Å². The SMILES string of the molecule is O=C(C[C@H]1CC=CCCC(=O)O[C@@H](c2ccccc2)CNC1=O)N[C@H](CO)Cc1ccc(OCc2ccccc2)cc1. The largest absolute Gasteiger partial charge is 0.489 e. The van der Waals surface area contributed by atoms with Gasteiger partial charge in [0.25, 0.3) is 0 Å². The van der Waals surface area contributed by atoms with Gasteiger partial charge in [0.1, 0.15) is 18.5 Å². The molecule has 3 aromatic rings. The summed E-state index contributed by atoms with van der Waals surface area (Å²) in [4.78, 5) is 38.4. The fourth-order valence-corrected chi connectivity index (χ4v) is 4.73. The van der Waals surface area contributed by atoms with Gasteiger partial charge in [0.05, 0.1) is 25.1 Å². The van der Waals surface area contributed by atoms with E-state index in [2.05, 4.69) is 10.6 Å². The lowest BCUT2D eigenvalue weighted by molar-refractivity contribution is -0.150. The second kappa shape index (κ2) is 16.1. The van der Waals surface area contributed by atoms with Gasteiger partial charge in [-0.25, -0.2) is 0 Å². The average Bonchev–Trinajstić information content (AvgIpc) is 3.01. The molecule has 220 valence electrons. The molecular weight excluding hydrogens is 532 g/mol. The Bertz CT molecular complexity index is 1310. The molecule has 0 saturated heterocycles. The molecule has 1 aliphatic rings. The molecule has 0 fully saturated rings. The highest BCUT2D eigenvalue weighted by molar-refractivity contribution is 5.86. The number of rotatable bonds is 10. The first-order chi connectivity index (χ1) is 20.5. The van der Waals surface area contributed by atoms with Crippen molar-refractivity contribution in [2.75, 3.05) is 13.2 Å². The zero-order chi connectivity index (χ0) is 29.6. The fraction of sp³-hybridized carbons (Fsp3) is 0.324. The molecule has 0 unspecified atom stereocenters. The van der Waals surface area contributed by atoms with Crippen molar-refractivity contribution >= 4 is 17.8 Å². The minimum Gasteiger partial charge on any atom is -0.489 e. The molecule has 4 rings (SSSR count). The van der Waals surface area contributed by atoms with Crippen LogP contribution in [0.2, 0.25) is 0 Å². The maximum absolute atomic E-state index is 13.1. The van der Waals surface area contributed by atoms with Gasteiger partial charge in [0, 0.05) is 12.8 Å². The summed E-state index contributed by atoms with van der Waals surface area (Å²) in [5.74, 6) is -0.808. The Balaban J connectivity index is 1.31. The van der Waals surface area contributed by atoms with Crippen LogP contribution in [0.25, 0.3) is 0 Å². The lowest BCUT2D eigenvalue weighted by atomic mass is 9.98. The van der Waals surface area contributed by atoms with E-state index in [4.69, 9.17) is 9.47 Å². The Morgan fingerprint density at radius 2 is 1.67 bits per heavy atom. The number of carbonyl (C=O) groups excluding carboxylic acids is 3. The van der Waals surface area contributed by atoms with Gasteiger partial charge in [-0.15, -0.1) is 0 Å². The molecule has 3 atom stereocenters. The number of aliphatic hydroxyl groups excluding tert-OH is 1. The number of amides is 2. The van der Waals surface area contributed by atoms with E-state index < -0.39 is 18.1 Å². The molecular formula is C34H38N2O6. The standard InChI is InChI=1S/C34H38N2O6/c37-23-29(20-25-16-18-30(19-17-25)41-24-26-10-4-1-5-11-26)36-32(38)21-28-14-8-3-9-15-33(39)42-31(22-35-34(28)40)27-12-6-2-7-13-27/h1-8,10-13,16-19,28-29,31,37H,9,14-15,20-24H2,(H,35,40)(H,36,38)/t28-,29+,31-/m1/s1. The van der Waals surface area contributed by atoms with Crippen molar-refractivity contribution in [2.24, 2.45) is 5.92 Å². The van der Waals surface area contributed by atoms with Gasteiger partial charge < -0.3 is 25.2 Å². The predicted molar refractivity (Wildman–Crippen MR) is 159 cm³/mol. The number of hydrogen-bond donors (Lipinski definition) is 3. The molecule has 2 amide bonds. The van der Waals surface area contributed by atoms with E-state index in [9.17, 15) is 19.5 Å². The number of allylic oxidation sites excluding steroid dienone is 2. The molecule has 8 heteroatoms. The molecule has 0 radical (unpaired) electrons. The maximum atomic E-state index is 13.1. The highest BCUT2D eigenvalue weighted by Crippen LogP contribution is 2.20. The number of aliphatic hydroxyl groups is 1. The number of carbonyl (C=O) groups is 3. The van der Waals surface area contributed by atoms with Crippen LogP contribution in [0.1, 0.15) is 48.5 Å². The zero-order valence-electron chi connectivity index (χ0n) is 23.6. The van der Waals surface area contributed by atoms with E-state index in [0.717, 1.165) is 22.4 Å². The third-order valence-corrected chi connectivity index (χ3v) is 7.05. The van der Waals surface area contributed by atoms with Crippen molar-refractivity contribution < 1.29 is 29.0 Å². The Morgan fingerprint density at radius 3 is 2.38 bits per heavy atom. The Hall–Kier alpha value is -4.43. The topological polar surface area (TPSA) is 114 Å². The van der Waals surface area contributed by atoms with Crippen LogP contribution in [0.5, 0.6) is 5.75 Å². The van der Waals surface area contributed by atoms with Gasteiger partial charge in [0.2, 0.25) is 11.8 Å². The minimum absolute atomic E-state index is 0.0330. The van der Waals surface area contributed by atoms with Crippen molar-refractivity contribution in [3.8, 4) is 5.75 Å². The van der Waals surface area contributed by atoms with E-state index in [1.807, 2.05) is 97.1 Å². The van der Waals surface area contributed by atoms with Gasteiger partial charge in [-0.1, -0.05) is 84.9 Å². The summed E-state index contributed by atoms with van der Waals surface area (Å²) in [7, 11) is 0. The van der Waals surface area contributed by atoms with E-state index in [1.165, 1.54) is 0 Å². The molecule has 0 bridgehead atoms. The highest BCUT2D eigenvalue weighted by Gasteiger charge is 2.25. The average molecular weight is 571 g/mol. The molecule has 42 heavy (non-hydrogen) atoms. The predicted octanol–water partition coefficient (Wildman–Crippen LogP) is 4.43. The number of nitrogens with one attached hydrogen (secondary N) is 2. The minimum atomic E-state index is -0.616.